The third kappa shape index (κ3) is 5.24. The fourth-order valence-electron chi connectivity index (χ4n) is 1.49. The zero-order valence-corrected chi connectivity index (χ0v) is 12.7. The van der Waals surface area contributed by atoms with Crippen LogP contribution in [0.15, 0.2) is 18.2 Å². The highest BCUT2D eigenvalue weighted by Crippen LogP contribution is 2.29. The van der Waals surface area contributed by atoms with Crippen molar-refractivity contribution in [2.75, 3.05) is 17.9 Å². The summed E-state index contributed by atoms with van der Waals surface area (Å²) in [6, 6.07) is 4.77. The van der Waals surface area contributed by atoms with Gasteiger partial charge in [0.15, 0.2) is 0 Å². The van der Waals surface area contributed by atoms with Gasteiger partial charge >= 0.3 is 0 Å². The number of benzene rings is 1. The number of carbonyl (C=O) groups is 1. The molecule has 0 radical (unpaired) electrons. The molecule has 0 aromatic heterocycles. The van der Waals surface area contributed by atoms with Gasteiger partial charge in [0.25, 0.3) is 0 Å². The molecule has 0 aliphatic carbocycles. The molecule has 20 heavy (non-hydrogen) atoms. The first-order valence-corrected chi connectivity index (χ1v) is 7.27. The Labute approximate surface area is 121 Å². The van der Waals surface area contributed by atoms with Crippen molar-refractivity contribution in [3.63, 3.8) is 0 Å². The van der Waals surface area contributed by atoms with Crippen molar-refractivity contribution in [1.29, 1.82) is 5.41 Å². The van der Waals surface area contributed by atoms with E-state index in [2.05, 4.69) is 19.3 Å². The molecule has 0 aliphatic rings. The van der Waals surface area contributed by atoms with Gasteiger partial charge in [0.05, 0.1) is 23.2 Å². The van der Waals surface area contributed by atoms with Crippen molar-refractivity contribution < 1.29 is 18.3 Å². The van der Waals surface area contributed by atoms with E-state index >= 15 is 0 Å². The predicted octanol–water partition coefficient (Wildman–Crippen LogP) is 0.608. The van der Waals surface area contributed by atoms with Crippen LogP contribution in [0, 0.1) is 5.41 Å². The van der Waals surface area contributed by atoms with Crippen LogP contribution in [0.25, 0.3) is 0 Å². The maximum atomic E-state index is 10.7. The fraction of sp³-hybridized carbons (Fsp3) is 0.273. The lowest BCUT2D eigenvalue weighted by Crippen LogP contribution is -2.25. The van der Waals surface area contributed by atoms with Crippen LogP contribution < -0.4 is 14.8 Å². The Morgan fingerprint density at radius 2 is 2.25 bits per heavy atom. The summed E-state index contributed by atoms with van der Waals surface area (Å²) in [5.74, 6) is 0.204. The molecule has 0 fully saturated rings. The Bertz CT molecular complexity index is 538. The molecular formula is C11H15N3O4PS-. The molecule has 3 N–H and O–H groups in total. The molecule has 0 aliphatic heterocycles. The summed E-state index contributed by atoms with van der Waals surface area (Å²) in [7, 11) is 2.19. The molecule has 0 saturated carbocycles. The van der Waals surface area contributed by atoms with Crippen LogP contribution in [0.2, 0.25) is 0 Å². The summed E-state index contributed by atoms with van der Waals surface area (Å²) < 4.78 is 29.1. The lowest BCUT2D eigenvalue weighted by molar-refractivity contribution is -0.119. The van der Waals surface area contributed by atoms with E-state index in [1.54, 1.807) is 12.1 Å². The lowest BCUT2D eigenvalue weighted by Gasteiger charge is -2.17. The van der Waals surface area contributed by atoms with Crippen molar-refractivity contribution in [2.24, 2.45) is 0 Å². The number of hydrogen-bond acceptors (Lipinski definition) is 5. The van der Waals surface area contributed by atoms with Crippen molar-refractivity contribution in [3.05, 3.63) is 23.8 Å². The van der Waals surface area contributed by atoms with Gasteiger partial charge in [0.1, 0.15) is 12.4 Å². The smallest absolute Gasteiger partial charge is 0.216 e. The average Bonchev–Trinajstić information content (AvgIpc) is 2.33. The SMILES string of the molecule is CC(=O)NCCOc1cccc(NS(=O)[O-])c1C(=N)P. The Hall–Kier alpha value is -1.50. The van der Waals surface area contributed by atoms with Gasteiger partial charge in [0.2, 0.25) is 5.91 Å². The third-order valence-electron chi connectivity index (χ3n) is 2.22. The van der Waals surface area contributed by atoms with E-state index in [0.29, 0.717) is 17.9 Å². The fourth-order valence-corrected chi connectivity index (χ4v) is 2.14. The molecule has 1 aromatic carbocycles. The van der Waals surface area contributed by atoms with Crippen LogP contribution in [-0.4, -0.2) is 33.3 Å². The quantitative estimate of drug-likeness (QED) is 0.296. The summed E-state index contributed by atoms with van der Waals surface area (Å²) in [4.78, 5) is 10.7. The molecule has 2 unspecified atom stereocenters. The minimum absolute atomic E-state index is 0.0908. The van der Waals surface area contributed by atoms with Crippen molar-refractivity contribution in [1.82, 2.24) is 5.32 Å². The molecule has 0 bridgehead atoms. The highest BCUT2D eigenvalue weighted by atomic mass is 32.2. The molecule has 2 atom stereocenters. The van der Waals surface area contributed by atoms with Crippen LogP contribution >= 0.6 is 9.24 Å². The van der Waals surface area contributed by atoms with Gasteiger partial charge in [0, 0.05) is 18.2 Å². The van der Waals surface area contributed by atoms with E-state index in [9.17, 15) is 13.6 Å². The summed E-state index contributed by atoms with van der Waals surface area (Å²) in [5.41, 5.74) is 0.688. The summed E-state index contributed by atoms with van der Waals surface area (Å²) in [5, 5.41) is 10.3. The monoisotopic (exact) mass is 316 g/mol. The molecule has 9 heteroatoms. The highest BCUT2D eigenvalue weighted by molar-refractivity contribution is 7.80. The molecular weight excluding hydrogens is 301 g/mol. The number of amides is 1. The molecule has 1 amide bonds. The number of hydrogen-bond donors (Lipinski definition) is 3. The van der Waals surface area contributed by atoms with Crippen LogP contribution in [0.5, 0.6) is 5.75 Å². The first kappa shape index (κ1) is 16.6. The third-order valence-corrected chi connectivity index (χ3v) is 2.90. The Balaban J connectivity index is 2.86. The molecule has 0 heterocycles. The largest absolute Gasteiger partial charge is 0.755 e. The Kier molecular flexibility index (Phi) is 6.57. The number of ether oxygens (including phenoxy) is 1. The van der Waals surface area contributed by atoms with E-state index in [-0.39, 0.29) is 23.7 Å². The standard InChI is InChI=1S/C11H16N3O4PS/c1-7(15)13-5-6-18-9-4-2-3-8(14-20(16)17)10(9)11(12)19/h2-4,12,14H,5-6,19H2,1H3,(H,13,15)(H,16,17)/p-1. The van der Waals surface area contributed by atoms with E-state index < -0.39 is 11.3 Å². The van der Waals surface area contributed by atoms with Gasteiger partial charge in [-0.05, 0) is 12.1 Å². The first-order chi connectivity index (χ1) is 9.41. The Morgan fingerprint density at radius 1 is 1.55 bits per heavy atom. The summed E-state index contributed by atoms with van der Waals surface area (Å²) in [6.45, 7) is 1.94. The van der Waals surface area contributed by atoms with Gasteiger partial charge in [-0.15, -0.1) is 0 Å². The number of anilines is 1. The predicted molar refractivity (Wildman–Crippen MR) is 79.7 cm³/mol. The second kappa shape index (κ2) is 7.94. The van der Waals surface area contributed by atoms with Crippen molar-refractivity contribution in [2.45, 2.75) is 6.92 Å². The normalized spacial score (nSPS) is 11.6. The van der Waals surface area contributed by atoms with Gasteiger partial charge < -0.3 is 24.7 Å². The van der Waals surface area contributed by atoms with Gasteiger partial charge in [-0.2, -0.15) is 0 Å². The minimum atomic E-state index is -2.48. The highest BCUT2D eigenvalue weighted by Gasteiger charge is 2.12. The summed E-state index contributed by atoms with van der Waals surface area (Å²) in [6.07, 6.45) is 0. The van der Waals surface area contributed by atoms with Gasteiger partial charge in [-0.1, -0.05) is 15.3 Å². The zero-order chi connectivity index (χ0) is 15.1. The van der Waals surface area contributed by atoms with Crippen LogP contribution in [0.4, 0.5) is 5.69 Å². The topological polar surface area (TPSA) is 114 Å². The van der Waals surface area contributed by atoms with E-state index in [4.69, 9.17) is 10.1 Å². The lowest BCUT2D eigenvalue weighted by atomic mass is 10.1. The van der Waals surface area contributed by atoms with Crippen molar-refractivity contribution >= 4 is 37.6 Å². The average molecular weight is 316 g/mol. The summed E-state index contributed by atoms with van der Waals surface area (Å²) >= 11 is -2.48. The van der Waals surface area contributed by atoms with E-state index in [1.165, 1.54) is 13.0 Å². The number of nitrogens with one attached hydrogen (secondary N) is 3. The van der Waals surface area contributed by atoms with E-state index in [1.807, 2.05) is 0 Å². The molecule has 110 valence electrons. The van der Waals surface area contributed by atoms with Crippen molar-refractivity contribution in [3.8, 4) is 5.75 Å². The number of carbonyl (C=O) groups excluding carboxylic acids is 1. The van der Waals surface area contributed by atoms with E-state index in [0.717, 1.165) is 0 Å². The maximum Gasteiger partial charge on any atom is 0.216 e. The second-order valence-electron chi connectivity index (χ2n) is 3.76. The molecule has 1 aromatic rings. The van der Waals surface area contributed by atoms with Gasteiger partial charge in [-0.3, -0.25) is 9.00 Å². The molecule has 0 saturated heterocycles. The van der Waals surface area contributed by atoms with Gasteiger partial charge in [-0.25, -0.2) is 0 Å². The number of rotatable bonds is 7. The van der Waals surface area contributed by atoms with Crippen LogP contribution in [-0.2, 0) is 16.1 Å². The Morgan fingerprint density at radius 3 is 2.80 bits per heavy atom. The zero-order valence-electron chi connectivity index (χ0n) is 10.8. The van der Waals surface area contributed by atoms with Crippen LogP contribution in [0.1, 0.15) is 12.5 Å². The van der Waals surface area contributed by atoms with Crippen LogP contribution in [0.3, 0.4) is 0 Å². The molecule has 7 nitrogen and oxygen atoms in total. The molecule has 0 spiro atoms. The maximum absolute atomic E-state index is 10.7. The minimum Gasteiger partial charge on any atom is -0.755 e. The second-order valence-corrected chi connectivity index (χ2v) is 5.01. The molecule has 1 rings (SSSR count). The first-order valence-electron chi connectivity index (χ1n) is 5.62.